The maximum atomic E-state index is 14.3. The van der Waals surface area contributed by atoms with Gasteiger partial charge in [0.15, 0.2) is 0 Å². The number of piperidine rings is 1. The van der Waals surface area contributed by atoms with Gasteiger partial charge in [-0.3, -0.25) is 9.59 Å². The van der Waals surface area contributed by atoms with Gasteiger partial charge in [-0.1, -0.05) is 24.3 Å². The minimum Gasteiger partial charge on any atom is -0.494 e. The van der Waals surface area contributed by atoms with Gasteiger partial charge in [0.05, 0.1) is 24.9 Å². The van der Waals surface area contributed by atoms with E-state index in [-0.39, 0.29) is 24.8 Å². The highest BCUT2D eigenvalue weighted by Crippen LogP contribution is 2.39. The molecule has 10 heteroatoms. The monoisotopic (exact) mass is 606 g/mol. The number of nitrogens with two attached hydrogens (primary N) is 1. The summed E-state index contributed by atoms with van der Waals surface area (Å²) in [6.45, 7) is 3.81. The van der Waals surface area contributed by atoms with Crippen molar-refractivity contribution in [3.05, 3.63) is 77.0 Å². The highest BCUT2D eigenvalue weighted by Gasteiger charge is 2.31. The molecule has 5 heterocycles. The summed E-state index contributed by atoms with van der Waals surface area (Å²) in [7, 11) is 1.58. The van der Waals surface area contributed by atoms with E-state index >= 15 is 0 Å². The van der Waals surface area contributed by atoms with Crippen molar-refractivity contribution >= 4 is 28.2 Å². The van der Waals surface area contributed by atoms with E-state index < -0.39 is 12.2 Å². The van der Waals surface area contributed by atoms with Crippen LogP contribution in [0.25, 0.3) is 38.9 Å². The first-order chi connectivity index (χ1) is 21.8. The number of carbonyl (C=O) groups excluding carboxylic acids is 2. The third kappa shape index (κ3) is 4.75. The van der Waals surface area contributed by atoms with Gasteiger partial charge in [0.25, 0.3) is 11.8 Å². The molecule has 3 aromatic heterocycles. The number of aromatic nitrogens is 3. The van der Waals surface area contributed by atoms with E-state index in [2.05, 4.69) is 40.2 Å². The summed E-state index contributed by atoms with van der Waals surface area (Å²) in [4.78, 5) is 27.3. The second-order valence-electron chi connectivity index (χ2n) is 12.8. The molecule has 3 aliphatic rings. The number of hydrogen-bond donors (Lipinski definition) is 2. The number of rotatable bonds is 6. The molecular formula is C35H35FN6O3. The summed E-state index contributed by atoms with van der Waals surface area (Å²) in [5.41, 5.74) is 14.9. The largest absolute Gasteiger partial charge is 0.494 e. The molecule has 8 rings (SSSR count). The van der Waals surface area contributed by atoms with Crippen LogP contribution in [0, 0.1) is 12.8 Å². The first kappa shape index (κ1) is 27.8. The Morgan fingerprint density at radius 2 is 1.91 bits per heavy atom. The van der Waals surface area contributed by atoms with Gasteiger partial charge in [0.2, 0.25) is 0 Å². The van der Waals surface area contributed by atoms with Crippen LogP contribution in [0.2, 0.25) is 0 Å². The molecule has 9 nitrogen and oxygen atoms in total. The number of nitrogens with zero attached hydrogens (tertiary/aromatic N) is 4. The van der Waals surface area contributed by atoms with Crippen LogP contribution in [0.4, 0.5) is 4.39 Å². The molecule has 1 aliphatic carbocycles. The first-order valence-corrected chi connectivity index (χ1v) is 15.6. The molecule has 2 fully saturated rings. The van der Waals surface area contributed by atoms with Crippen LogP contribution in [0.5, 0.6) is 5.75 Å². The molecule has 2 atom stereocenters. The molecule has 0 unspecified atom stereocenters. The standard InChI is InChI=1S/C35H35FN6O3/c1-19-32(39-42-16-25(12-31(45-2)33(19)42)35(44)40-17-26(36)13-27(37)18-40)30-11-23-7-5-22(10-29(23)41(30)15-20-3-4-20)21-6-8-24-14-38-34(43)28(24)9-21/h5-12,16,20,26-27H,3-4,13-15,17-18,37H2,1-2H3,(H,38,43)/t26-,27-/m1/s1. The normalized spacial score (nSPS) is 19.7. The van der Waals surface area contributed by atoms with E-state index in [1.807, 2.05) is 19.1 Å². The predicted octanol–water partition coefficient (Wildman–Crippen LogP) is 5.10. The Balaban J connectivity index is 1.23. The lowest BCUT2D eigenvalue weighted by atomic mass is 9.99. The number of methoxy groups -OCH3 is 1. The first-order valence-electron chi connectivity index (χ1n) is 15.6. The van der Waals surface area contributed by atoms with Crippen molar-refractivity contribution in [1.82, 2.24) is 24.4 Å². The van der Waals surface area contributed by atoms with Crippen molar-refractivity contribution < 1.29 is 18.7 Å². The number of aryl methyl sites for hydroxylation is 1. The molecule has 0 radical (unpaired) electrons. The Kier molecular flexibility index (Phi) is 6.46. The number of amides is 2. The van der Waals surface area contributed by atoms with Crippen LogP contribution in [0.3, 0.4) is 0 Å². The zero-order chi connectivity index (χ0) is 31.0. The van der Waals surface area contributed by atoms with Gasteiger partial charge >= 0.3 is 0 Å². The van der Waals surface area contributed by atoms with Crippen LogP contribution in [-0.2, 0) is 13.1 Å². The minimum absolute atomic E-state index is 0.0260. The fraction of sp³-hybridized carbons (Fsp3) is 0.343. The van der Waals surface area contributed by atoms with E-state index in [1.54, 1.807) is 23.9 Å². The number of halogens is 1. The third-order valence-electron chi connectivity index (χ3n) is 9.53. The van der Waals surface area contributed by atoms with E-state index in [9.17, 15) is 14.0 Å². The summed E-state index contributed by atoms with van der Waals surface area (Å²) >= 11 is 0. The average Bonchev–Trinajstić information content (AvgIpc) is 3.56. The fourth-order valence-electron chi connectivity index (χ4n) is 7.00. The van der Waals surface area contributed by atoms with Gasteiger partial charge in [0, 0.05) is 53.9 Å². The number of fused-ring (bicyclic) bond motifs is 3. The number of likely N-dealkylation sites (tertiary alicyclic amines) is 1. The third-order valence-corrected chi connectivity index (χ3v) is 9.53. The lowest BCUT2D eigenvalue weighted by Gasteiger charge is -2.33. The number of ether oxygens (including phenoxy) is 1. The van der Waals surface area contributed by atoms with E-state index in [4.69, 9.17) is 15.6 Å². The number of alkyl halides is 1. The average molecular weight is 607 g/mol. The highest BCUT2D eigenvalue weighted by atomic mass is 19.1. The molecule has 1 saturated heterocycles. The fourth-order valence-corrected chi connectivity index (χ4v) is 7.00. The van der Waals surface area contributed by atoms with Crippen LogP contribution >= 0.6 is 0 Å². The molecule has 230 valence electrons. The number of benzene rings is 2. The topological polar surface area (TPSA) is 107 Å². The molecule has 0 bridgehead atoms. The van der Waals surface area contributed by atoms with Gasteiger partial charge in [-0.25, -0.2) is 8.91 Å². The van der Waals surface area contributed by atoms with Crippen molar-refractivity contribution in [3.63, 3.8) is 0 Å². The van der Waals surface area contributed by atoms with Crippen LogP contribution in [-0.4, -0.2) is 63.3 Å². The molecule has 2 aliphatic heterocycles. The quantitative estimate of drug-likeness (QED) is 0.280. The summed E-state index contributed by atoms with van der Waals surface area (Å²) < 4.78 is 24.1. The van der Waals surface area contributed by atoms with Crippen molar-refractivity contribution in [2.45, 2.75) is 51.5 Å². The second-order valence-corrected chi connectivity index (χ2v) is 12.8. The summed E-state index contributed by atoms with van der Waals surface area (Å²) in [5, 5.41) is 9.03. The van der Waals surface area contributed by atoms with Crippen molar-refractivity contribution in [1.29, 1.82) is 0 Å². The maximum Gasteiger partial charge on any atom is 0.255 e. The van der Waals surface area contributed by atoms with Gasteiger partial charge in [-0.05, 0) is 73.1 Å². The molecule has 0 spiro atoms. The minimum atomic E-state index is -1.14. The summed E-state index contributed by atoms with van der Waals surface area (Å²) in [6, 6.07) is 16.0. The SMILES string of the molecule is COc1cc(C(=O)N2C[C@H](N)C[C@@H](F)C2)cn2nc(-c3cc4ccc(-c5ccc6c(c5)C(=O)NC6)cc4n3CC3CC3)c(C)c12. The van der Waals surface area contributed by atoms with Crippen LogP contribution < -0.4 is 15.8 Å². The molecule has 3 N–H and O–H groups in total. The number of hydrogen-bond acceptors (Lipinski definition) is 5. The zero-order valence-electron chi connectivity index (χ0n) is 25.3. The Labute approximate surface area is 259 Å². The Bertz CT molecular complexity index is 2020. The Morgan fingerprint density at radius 1 is 1.11 bits per heavy atom. The number of pyridine rings is 1. The zero-order valence-corrected chi connectivity index (χ0v) is 25.3. The molecule has 45 heavy (non-hydrogen) atoms. The lowest BCUT2D eigenvalue weighted by Crippen LogP contribution is -2.50. The van der Waals surface area contributed by atoms with Crippen molar-refractivity contribution in [2.24, 2.45) is 11.7 Å². The lowest BCUT2D eigenvalue weighted by molar-refractivity contribution is 0.0605. The van der Waals surface area contributed by atoms with E-state index in [0.717, 1.165) is 62.2 Å². The smallest absolute Gasteiger partial charge is 0.255 e. The molecule has 2 aromatic carbocycles. The van der Waals surface area contributed by atoms with Crippen LogP contribution in [0.15, 0.2) is 54.7 Å². The molecule has 1 saturated carbocycles. The number of carbonyl (C=O) groups is 2. The van der Waals surface area contributed by atoms with Crippen molar-refractivity contribution in [3.8, 4) is 28.3 Å². The van der Waals surface area contributed by atoms with Gasteiger partial charge in [-0.15, -0.1) is 0 Å². The van der Waals surface area contributed by atoms with Gasteiger partial charge in [-0.2, -0.15) is 5.10 Å². The summed E-state index contributed by atoms with van der Waals surface area (Å²) in [5.74, 6) is 0.823. The predicted molar refractivity (Wildman–Crippen MR) is 170 cm³/mol. The Hall–Kier alpha value is -4.70. The van der Waals surface area contributed by atoms with Gasteiger partial charge in [0.1, 0.15) is 23.1 Å². The molecular weight excluding hydrogens is 571 g/mol. The maximum absolute atomic E-state index is 14.3. The highest BCUT2D eigenvalue weighted by molar-refractivity contribution is 6.00. The Morgan fingerprint density at radius 3 is 2.69 bits per heavy atom. The van der Waals surface area contributed by atoms with Crippen LogP contribution in [0.1, 0.15) is 51.1 Å². The second kappa shape index (κ2) is 10.4. The van der Waals surface area contributed by atoms with Crippen molar-refractivity contribution in [2.75, 3.05) is 20.2 Å². The van der Waals surface area contributed by atoms with E-state index in [1.165, 1.54) is 17.7 Å². The number of nitrogens with one attached hydrogen (secondary N) is 1. The van der Waals surface area contributed by atoms with Gasteiger partial charge < -0.3 is 25.3 Å². The molecule has 5 aromatic rings. The molecule has 2 amide bonds. The summed E-state index contributed by atoms with van der Waals surface area (Å²) in [6.07, 6.45) is 3.22. The van der Waals surface area contributed by atoms with E-state index in [0.29, 0.717) is 30.3 Å².